The average molecular weight is 458 g/mol. The lowest BCUT2D eigenvalue weighted by Gasteiger charge is -2.18. The highest BCUT2D eigenvalue weighted by molar-refractivity contribution is 5.90. The molecule has 0 aliphatic heterocycles. The molecule has 0 spiro atoms. The first-order valence-electron chi connectivity index (χ1n) is 11.3. The number of carboxylic acid groups (broad SMARTS) is 1. The average Bonchev–Trinajstić information content (AvgIpc) is 3.25. The number of aromatic nitrogens is 1. The van der Waals surface area contributed by atoms with E-state index in [0.29, 0.717) is 19.4 Å². The van der Waals surface area contributed by atoms with E-state index in [9.17, 15) is 14.4 Å². The number of fused-ring (bicyclic) bond motifs is 2. The van der Waals surface area contributed by atoms with Gasteiger partial charge in [0.05, 0.1) is 6.42 Å². The molecule has 1 aromatic heterocycles. The molecule has 4 N–H and O–H groups in total. The van der Waals surface area contributed by atoms with E-state index in [-0.39, 0.29) is 18.7 Å². The number of aromatic amines is 1. The molecule has 0 aliphatic carbocycles. The SMILES string of the molecule is O=C(O)CCC(=O)N[C@@H](Cc1c[nH]c2ccccc12)C(=O)NCCc1ccc2ccccc2c1. The minimum absolute atomic E-state index is 0.177. The number of para-hydroxylation sites is 1. The highest BCUT2D eigenvalue weighted by atomic mass is 16.4. The number of carboxylic acids is 1. The van der Waals surface area contributed by atoms with Crippen LogP contribution in [0.4, 0.5) is 0 Å². The van der Waals surface area contributed by atoms with Crippen LogP contribution in [-0.2, 0) is 27.2 Å². The molecule has 0 aliphatic rings. The summed E-state index contributed by atoms with van der Waals surface area (Å²) in [6.45, 7) is 0.423. The first-order valence-corrected chi connectivity index (χ1v) is 11.3. The van der Waals surface area contributed by atoms with Crippen molar-refractivity contribution in [2.24, 2.45) is 0 Å². The van der Waals surface area contributed by atoms with E-state index in [4.69, 9.17) is 5.11 Å². The number of aliphatic carboxylic acids is 1. The van der Waals surface area contributed by atoms with Crippen LogP contribution in [-0.4, -0.2) is 40.5 Å². The highest BCUT2D eigenvalue weighted by Crippen LogP contribution is 2.19. The number of H-pyrrole nitrogens is 1. The predicted molar refractivity (Wildman–Crippen MR) is 131 cm³/mol. The van der Waals surface area contributed by atoms with Gasteiger partial charge in [-0.25, -0.2) is 0 Å². The largest absolute Gasteiger partial charge is 0.481 e. The molecular weight excluding hydrogens is 430 g/mol. The normalized spacial score (nSPS) is 11.9. The second-order valence-corrected chi connectivity index (χ2v) is 8.30. The van der Waals surface area contributed by atoms with Crippen molar-refractivity contribution in [1.82, 2.24) is 15.6 Å². The smallest absolute Gasteiger partial charge is 0.303 e. The monoisotopic (exact) mass is 457 g/mol. The van der Waals surface area contributed by atoms with Gasteiger partial charge in [-0.3, -0.25) is 14.4 Å². The Kier molecular flexibility index (Phi) is 7.22. The van der Waals surface area contributed by atoms with Gasteiger partial charge in [0.1, 0.15) is 6.04 Å². The van der Waals surface area contributed by atoms with Crippen LogP contribution in [0.3, 0.4) is 0 Å². The van der Waals surface area contributed by atoms with Crippen LogP contribution in [0.5, 0.6) is 0 Å². The van der Waals surface area contributed by atoms with Crippen LogP contribution >= 0.6 is 0 Å². The minimum atomic E-state index is -1.05. The van der Waals surface area contributed by atoms with E-state index in [1.54, 1.807) is 0 Å². The fourth-order valence-corrected chi connectivity index (χ4v) is 4.06. The van der Waals surface area contributed by atoms with Gasteiger partial charge in [-0.15, -0.1) is 0 Å². The maximum atomic E-state index is 13.0. The summed E-state index contributed by atoms with van der Waals surface area (Å²) in [5.74, 6) is -1.81. The van der Waals surface area contributed by atoms with Crippen LogP contribution in [0.25, 0.3) is 21.7 Å². The molecule has 7 heteroatoms. The molecule has 1 atom stereocenters. The minimum Gasteiger partial charge on any atom is -0.481 e. The van der Waals surface area contributed by atoms with Gasteiger partial charge >= 0.3 is 5.97 Å². The Bertz CT molecular complexity index is 1330. The number of carbonyl (C=O) groups is 3. The Hall–Kier alpha value is -4.13. The van der Waals surface area contributed by atoms with Crippen molar-refractivity contribution in [3.05, 3.63) is 84.1 Å². The maximum Gasteiger partial charge on any atom is 0.303 e. The summed E-state index contributed by atoms with van der Waals surface area (Å²) >= 11 is 0. The van der Waals surface area contributed by atoms with Crippen molar-refractivity contribution < 1.29 is 19.5 Å². The summed E-state index contributed by atoms with van der Waals surface area (Å²) in [6, 6.07) is 21.3. The van der Waals surface area contributed by atoms with Crippen molar-refractivity contribution in [1.29, 1.82) is 0 Å². The van der Waals surface area contributed by atoms with Gasteiger partial charge < -0.3 is 20.7 Å². The van der Waals surface area contributed by atoms with Crippen molar-refractivity contribution in [3.8, 4) is 0 Å². The summed E-state index contributed by atoms with van der Waals surface area (Å²) in [4.78, 5) is 39.3. The number of hydrogen-bond acceptors (Lipinski definition) is 3. The molecule has 0 bridgehead atoms. The molecule has 0 saturated carbocycles. The Morgan fingerprint density at radius 1 is 0.912 bits per heavy atom. The molecule has 34 heavy (non-hydrogen) atoms. The van der Waals surface area contributed by atoms with E-state index in [0.717, 1.165) is 32.8 Å². The number of carbonyl (C=O) groups excluding carboxylic acids is 2. The van der Waals surface area contributed by atoms with Gasteiger partial charge in [0.2, 0.25) is 11.8 Å². The molecule has 7 nitrogen and oxygen atoms in total. The topological polar surface area (TPSA) is 111 Å². The highest BCUT2D eigenvalue weighted by Gasteiger charge is 2.22. The third-order valence-corrected chi connectivity index (χ3v) is 5.84. The van der Waals surface area contributed by atoms with Gasteiger partial charge in [0.15, 0.2) is 0 Å². The fraction of sp³-hybridized carbons (Fsp3) is 0.222. The molecule has 3 aromatic carbocycles. The Balaban J connectivity index is 1.42. The van der Waals surface area contributed by atoms with Crippen LogP contribution < -0.4 is 10.6 Å². The molecular formula is C27H27N3O4. The number of benzene rings is 3. The zero-order valence-corrected chi connectivity index (χ0v) is 18.7. The summed E-state index contributed by atoms with van der Waals surface area (Å²) < 4.78 is 0. The van der Waals surface area contributed by atoms with Gasteiger partial charge in [0.25, 0.3) is 0 Å². The Morgan fingerprint density at radius 3 is 2.50 bits per heavy atom. The Morgan fingerprint density at radius 2 is 1.68 bits per heavy atom. The molecule has 2 amide bonds. The molecule has 4 aromatic rings. The quantitative estimate of drug-likeness (QED) is 0.292. The number of rotatable bonds is 10. The molecule has 0 unspecified atom stereocenters. The number of hydrogen-bond donors (Lipinski definition) is 4. The lowest BCUT2D eigenvalue weighted by molar-refractivity contribution is -0.139. The summed E-state index contributed by atoms with van der Waals surface area (Å²) in [5.41, 5.74) is 2.96. The van der Waals surface area contributed by atoms with Crippen molar-refractivity contribution in [2.45, 2.75) is 31.7 Å². The van der Waals surface area contributed by atoms with Crippen molar-refractivity contribution in [3.63, 3.8) is 0 Å². The van der Waals surface area contributed by atoms with Crippen LogP contribution in [0.2, 0.25) is 0 Å². The zero-order valence-electron chi connectivity index (χ0n) is 18.7. The zero-order chi connectivity index (χ0) is 23.9. The molecule has 174 valence electrons. The van der Waals surface area contributed by atoms with E-state index < -0.39 is 17.9 Å². The Labute approximate surface area is 197 Å². The first-order chi connectivity index (χ1) is 16.5. The summed E-state index contributed by atoms with van der Waals surface area (Å²) in [7, 11) is 0. The molecule has 0 saturated heterocycles. The van der Waals surface area contributed by atoms with Gasteiger partial charge in [-0.1, -0.05) is 60.7 Å². The molecule has 4 rings (SSSR count). The van der Waals surface area contributed by atoms with E-state index >= 15 is 0 Å². The van der Waals surface area contributed by atoms with Crippen LogP contribution in [0.1, 0.15) is 24.0 Å². The predicted octanol–water partition coefficient (Wildman–Crippen LogP) is 3.57. The lowest BCUT2D eigenvalue weighted by atomic mass is 10.0. The second kappa shape index (κ2) is 10.7. The second-order valence-electron chi connectivity index (χ2n) is 8.30. The number of nitrogens with one attached hydrogen (secondary N) is 3. The third kappa shape index (κ3) is 5.81. The van der Waals surface area contributed by atoms with Gasteiger partial charge in [-0.05, 0) is 34.4 Å². The fourth-order valence-electron chi connectivity index (χ4n) is 4.06. The molecule has 0 fully saturated rings. The van der Waals surface area contributed by atoms with Crippen LogP contribution in [0.15, 0.2) is 72.9 Å². The van der Waals surface area contributed by atoms with E-state index in [1.165, 1.54) is 0 Å². The first kappa shape index (κ1) is 23.0. The van der Waals surface area contributed by atoms with E-state index in [1.807, 2.05) is 48.7 Å². The van der Waals surface area contributed by atoms with Crippen LogP contribution in [0, 0.1) is 0 Å². The summed E-state index contributed by atoms with van der Waals surface area (Å²) in [5, 5.41) is 17.8. The molecule has 0 radical (unpaired) electrons. The van der Waals surface area contributed by atoms with Crippen molar-refractivity contribution in [2.75, 3.05) is 6.54 Å². The maximum absolute atomic E-state index is 13.0. The lowest BCUT2D eigenvalue weighted by Crippen LogP contribution is -2.48. The van der Waals surface area contributed by atoms with Gasteiger partial charge in [0, 0.05) is 36.5 Å². The van der Waals surface area contributed by atoms with Gasteiger partial charge in [-0.2, -0.15) is 0 Å². The van der Waals surface area contributed by atoms with Crippen molar-refractivity contribution >= 4 is 39.5 Å². The van der Waals surface area contributed by atoms with E-state index in [2.05, 4.69) is 39.9 Å². The summed E-state index contributed by atoms with van der Waals surface area (Å²) in [6.07, 6.45) is 2.33. The molecule has 1 heterocycles. The third-order valence-electron chi connectivity index (χ3n) is 5.84. The standard InChI is InChI=1S/C27H27N3O4/c31-25(11-12-26(32)33)30-24(16-21-17-29-23-8-4-3-7-22(21)23)27(34)28-14-13-18-9-10-19-5-1-2-6-20(19)15-18/h1-10,15,17,24,29H,11-14,16H2,(H,28,34)(H,30,31)(H,32,33)/t24-/m0/s1. The number of amides is 2.